The van der Waals surface area contributed by atoms with Crippen molar-refractivity contribution in [2.24, 2.45) is 0 Å². The molecule has 0 atom stereocenters. The van der Waals surface area contributed by atoms with Crippen molar-refractivity contribution in [3.05, 3.63) is 65.0 Å². The molecule has 0 spiro atoms. The lowest BCUT2D eigenvalue weighted by atomic mass is 10.1. The number of ether oxygens (including phenoxy) is 1. The lowest BCUT2D eigenvalue weighted by Crippen LogP contribution is -2.28. The summed E-state index contributed by atoms with van der Waals surface area (Å²) in [5, 5.41) is 14.2. The van der Waals surface area contributed by atoms with E-state index >= 15 is 0 Å². The van der Waals surface area contributed by atoms with Crippen LogP contribution in [0.2, 0.25) is 0 Å². The lowest BCUT2D eigenvalue weighted by molar-refractivity contribution is -0.122. The van der Waals surface area contributed by atoms with E-state index in [0.29, 0.717) is 23.7 Å². The van der Waals surface area contributed by atoms with E-state index < -0.39 is 0 Å². The summed E-state index contributed by atoms with van der Waals surface area (Å²) >= 11 is 0. The first-order valence-electron chi connectivity index (χ1n) is 9.70. The molecular weight excluding hydrogens is 382 g/mol. The second-order valence-electron chi connectivity index (χ2n) is 6.94. The molecule has 3 rings (SSSR count). The van der Waals surface area contributed by atoms with Gasteiger partial charge >= 0.3 is 0 Å². The average molecular weight is 407 g/mol. The monoisotopic (exact) mass is 407 g/mol. The highest BCUT2D eigenvalue weighted by Gasteiger charge is 2.17. The quantitative estimate of drug-likeness (QED) is 0.627. The predicted molar refractivity (Wildman–Crippen MR) is 114 cm³/mol. The number of nitrogens with zero attached hydrogens (tertiary/aromatic N) is 3. The van der Waals surface area contributed by atoms with Crippen LogP contribution in [0.4, 0.5) is 5.69 Å². The number of nitrogens with one attached hydrogen (secondary N) is 2. The maximum atomic E-state index is 12.7. The summed E-state index contributed by atoms with van der Waals surface area (Å²) in [5.41, 5.74) is 4.29. The summed E-state index contributed by atoms with van der Waals surface area (Å²) < 4.78 is 5.46. The topological polar surface area (TPSA) is 98.1 Å². The first kappa shape index (κ1) is 21.0. The van der Waals surface area contributed by atoms with Crippen LogP contribution in [0.15, 0.2) is 42.5 Å². The van der Waals surface area contributed by atoms with Gasteiger partial charge in [-0.1, -0.05) is 23.8 Å². The number of carbonyl (C=O) groups excluding carboxylic acids is 2. The molecule has 2 aromatic carbocycles. The highest BCUT2D eigenvalue weighted by Crippen LogP contribution is 2.19. The third kappa shape index (κ3) is 5.02. The molecule has 0 aliphatic heterocycles. The molecule has 1 heterocycles. The minimum atomic E-state index is -0.371. The van der Waals surface area contributed by atoms with Crippen LogP contribution in [0.3, 0.4) is 0 Å². The predicted octanol–water partition coefficient (Wildman–Crippen LogP) is 2.96. The van der Waals surface area contributed by atoms with E-state index in [9.17, 15) is 9.59 Å². The molecule has 8 nitrogen and oxygen atoms in total. The maximum absolute atomic E-state index is 12.7. The van der Waals surface area contributed by atoms with Gasteiger partial charge in [-0.05, 0) is 51.5 Å². The third-order valence-corrected chi connectivity index (χ3v) is 4.40. The standard InChI is InChI=1S/C22H25N5O3/c1-5-23-20(28)13-30-18-8-6-7-17(12-18)24-22(29)21-16(4)25-27(26-21)19-10-9-14(2)11-15(19)3/h6-12H,5,13H2,1-4H3,(H,23,28)(H,24,29). The minimum absolute atomic E-state index is 0.0887. The van der Waals surface area contributed by atoms with Crippen molar-refractivity contribution in [2.75, 3.05) is 18.5 Å². The van der Waals surface area contributed by atoms with E-state index in [0.717, 1.165) is 16.8 Å². The van der Waals surface area contributed by atoms with E-state index in [4.69, 9.17) is 4.74 Å². The van der Waals surface area contributed by atoms with E-state index in [1.54, 1.807) is 31.2 Å². The molecule has 30 heavy (non-hydrogen) atoms. The Balaban J connectivity index is 1.73. The van der Waals surface area contributed by atoms with Crippen molar-refractivity contribution >= 4 is 17.5 Å². The van der Waals surface area contributed by atoms with Crippen molar-refractivity contribution in [3.8, 4) is 11.4 Å². The molecular formula is C22H25N5O3. The zero-order valence-electron chi connectivity index (χ0n) is 17.5. The fourth-order valence-electron chi connectivity index (χ4n) is 2.98. The Morgan fingerprint density at radius 1 is 1.07 bits per heavy atom. The summed E-state index contributed by atoms with van der Waals surface area (Å²) in [7, 11) is 0. The zero-order valence-corrected chi connectivity index (χ0v) is 17.5. The Bertz CT molecular complexity index is 1070. The van der Waals surface area contributed by atoms with Crippen LogP contribution < -0.4 is 15.4 Å². The molecule has 8 heteroatoms. The van der Waals surface area contributed by atoms with Crippen LogP contribution in [0.5, 0.6) is 5.75 Å². The highest BCUT2D eigenvalue weighted by atomic mass is 16.5. The van der Waals surface area contributed by atoms with Crippen molar-refractivity contribution in [1.29, 1.82) is 0 Å². The fourth-order valence-corrected chi connectivity index (χ4v) is 2.98. The molecule has 0 fully saturated rings. The van der Waals surface area contributed by atoms with Crippen molar-refractivity contribution in [2.45, 2.75) is 27.7 Å². The number of aromatic nitrogens is 3. The highest BCUT2D eigenvalue weighted by molar-refractivity contribution is 6.03. The normalized spacial score (nSPS) is 10.5. The number of anilines is 1. The van der Waals surface area contributed by atoms with Gasteiger partial charge in [0.25, 0.3) is 11.8 Å². The Labute approximate surface area is 175 Å². The molecule has 0 saturated carbocycles. The van der Waals surface area contributed by atoms with Gasteiger partial charge in [0.2, 0.25) is 0 Å². The number of hydrogen-bond acceptors (Lipinski definition) is 5. The summed E-state index contributed by atoms with van der Waals surface area (Å²) in [6, 6.07) is 12.8. The maximum Gasteiger partial charge on any atom is 0.278 e. The van der Waals surface area contributed by atoms with E-state index in [-0.39, 0.29) is 24.1 Å². The second-order valence-corrected chi connectivity index (χ2v) is 6.94. The summed E-state index contributed by atoms with van der Waals surface area (Å²) in [6.45, 7) is 8.04. The van der Waals surface area contributed by atoms with Crippen molar-refractivity contribution < 1.29 is 14.3 Å². The number of rotatable bonds is 7. The first-order chi connectivity index (χ1) is 14.4. The van der Waals surface area contributed by atoms with Gasteiger partial charge in [-0.3, -0.25) is 9.59 Å². The number of amides is 2. The zero-order chi connectivity index (χ0) is 21.7. The van der Waals surface area contributed by atoms with Gasteiger partial charge in [-0.25, -0.2) is 0 Å². The number of benzene rings is 2. The van der Waals surface area contributed by atoms with Gasteiger partial charge in [0, 0.05) is 18.3 Å². The number of aryl methyl sites for hydroxylation is 3. The molecule has 3 aromatic rings. The minimum Gasteiger partial charge on any atom is -0.484 e. The van der Waals surface area contributed by atoms with Crippen LogP contribution in [0.25, 0.3) is 5.69 Å². The molecule has 156 valence electrons. The lowest BCUT2D eigenvalue weighted by Gasteiger charge is -2.08. The van der Waals surface area contributed by atoms with Crippen LogP contribution in [0.1, 0.15) is 34.2 Å². The molecule has 1 aromatic heterocycles. The van der Waals surface area contributed by atoms with E-state index in [1.807, 2.05) is 39.0 Å². The van der Waals surface area contributed by atoms with E-state index in [1.165, 1.54) is 4.80 Å². The van der Waals surface area contributed by atoms with Crippen LogP contribution in [-0.2, 0) is 4.79 Å². The molecule has 0 saturated heterocycles. The summed E-state index contributed by atoms with van der Waals surface area (Å²) in [5.74, 6) is -0.0929. The smallest absolute Gasteiger partial charge is 0.278 e. The molecule has 0 unspecified atom stereocenters. The van der Waals surface area contributed by atoms with Gasteiger partial charge in [-0.15, -0.1) is 5.10 Å². The summed E-state index contributed by atoms with van der Waals surface area (Å²) in [4.78, 5) is 25.8. The summed E-state index contributed by atoms with van der Waals surface area (Å²) in [6.07, 6.45) is 0. The van der Waals surface area contributed by atoms with Gasteiger partial charge in [-0.2, -0.15) is 9.90 Å². The van der Waals surface area contributed by atoms with Gasteiger partial charge in [0.15, 0.2) is 12.3 Å². The van der Waals surface area contributed by atoms with E-state index in [2.05, 4.69) is 20.8 Å². The SMILES string of the molecule is CCNC(=O)COc1cccc(NC(=O)c2nn(-c3ccc(C)cc3C)nc2C)c1. The largest absolute Gasteiger partial charge is 0.484 e. The molecule has 0 bridgehead atoms. The Kier molecular flexibility index (Phi) is 6.46. The van der Waals surface area contributed by atoms with Gasteiger partial charge in [0.1, 0.15) is 5.75 Å². The number of likely N-dealkylation sites (N-methyl/N-ethyl adjacent to an activating group) is 1. The molecule has 2 amide bonds. The molecule has 0 radical (unpaired) electrons. The Morgan fingerprint density at radius 2 is 1.87 bits per heavy atom. The number of carbonyl (C=O) groups is 2. The Hall–Kier alpha value is -3.68. The molecule has 2 N–H and O–H groups in total. The fraction of sp³-hybridized carbons (Fsp3) is 0.273. The van der Waals surface area contributed by atoms with Gasteiger partial charge < -0.3 is 15.4 Å². The number of hydrogen-bond donors (Lipinski definition) is 2. The Morgan fingerprint density at radius 3 is 2.60 bits per heavy atom. The van der Waals surface area contributed by atoms with Crippen molar-refractivity contribution in [3.63, 3.8) is 0 Å². The van der Waals surface area contributed by atoms with Crippen molar-refractivity contribution in [1.82, 2.24) is 20.3 Å². The second kappa shape index (κ2) is 9.21. The van der Waals surface area contributed by atoms with Crippen LogP contribution in [-0.4, -0.2) is 40.0 Å². The first-order valence-corrected chi connectivity index (χ1v) is 9.70. The molecule has 0 aliphatic rings. The van der Waals surface area contributed by atoms with Crippen LogP contribution in [0, 0.1) is 20.8 Å². The third-order valence-electron chi connectivity index (χ3n) is 4.40. The molecule has 0 aliphatic carbocycles. The van der Waals surface area contributed by atoms with Crippen LogP contribution >= 0.6 is 0 Å². The van der Waals surface area contributed by atoms with Gasteiger partial charge in [0.05, 0.1) is 11.4 Å². The average Bonchev–Trinajstić information content (AvgIpc) is 3.08.